The monoisotopic (exact) mass is 451 g/mol. The van der Waals surface area contributed by atoms with Crippen LogP contribution in [0.1, 0.15) is 25.7 Å². The fourth-order valence-corrected chi connectivity index (χ4v) is 4.30. The van der Waals surface area contributed by atoms with Crippen molar-refractivity contribution in [3.8, 4) is 22.5 Å². The largest absolute Gasteiger partial charge is 0.480 e. The molecule has 3 aromatic rings. The van der Waals surface area contributed by atoms with Gasteiger partial charge in [-0.2, -0.15) is 10.1 Å². The van der Waals surface area contributed by atoms with Crippen molar-refractivity contribution in [2.75, 3.05) is 13.2 Å². The van der Waals surface area contributed by atoms with Crippen molar-refractivity contribution in [2.45, 2.75) is 32.2 Å². The van der Waals surface area contributed by atoms with E-state index in [-0.39, 0.29) is 12.5 Å². The van der Waals surface area contributed by atoms with Crippen molar-refractivity contribution in [3.63, 3.8) is 0 Å². The lowest BCUT2D eigenvalue weighted by Gasteiger charge is -2.28. The van der Waals surface area contributed by atoms with Crippen LogP contribution in [0.3, 0.4) is 0 Å². The molecule has 7 nitrogen and oxygen atoms in total. The molecule has 172 valence electrons. The number of carboxylic acid groups (broad SMARTS) is 1. The summed E-state index contributed by atoms with van der Waals surface area (Å²) in [6, 6.07) is 15.5. The molecule has 1 N–H and O–H groups in total. The molecule has 1 fully saturated rings. The van der Waals surface area contributed by atoms with Gasteiger partial charge in [-0.1, -0.05) is 42.5 Å². The summed E-state index contributed by atoms with van der Waals surface area (Å²) in [6.45, 7) is 0.627. The number of rotatable bonds is 8. The van der Waals surface area contributed by atoms with E-state index in [0.29, 0.717) is 36.0 Å². The number of nitrogens with zero attached hydrogens (tertiary/aromatic N) is 3. The first kappa shape index (κ1) is 22.8. The Labute approximate surface area is 190 Å². The van der Waals surface area contributed by atoms with Gasteiger partial charge in [-0.05, 0) is 49.7 Å². The number of carboxylic acids is 1. The van der Waals surface area contributed by atoms with Crippen LogP contribution in [0.4, 0.5) is 4.39 Å². The second-order valence-electron chi connectivity index (χ2n) is 8.45. The second-order valence-corrected chi connectivity index (χ2v) is 8.45. The fraction of sp³-hybridized carbons (Fsp3) is 0.360. The molecule has 1 aromatic heterocycles. The predicted octanol–water partition coefficient (Wildman–Crippen LogP) is 4.02. The standard InChI is InChI=1S/C25H26FN3O4/c26-21-8-4-7-20(13-21)23-24(19-5-2-1-3-6-19)28-29(25(32)27-23)14-17-9-11-18(12-10-17)15-33-16-22(30)31/h1-8,13,17-18H,9-12,14-16H2,(H,30,31). The zero-order valence-electron chi connectivity index (χ0n) is 18.2. The van der Waals surface area contributed by atoms with Crippen LogP contribution < -0.4 is 5.69 Å². The molecule has 1 aliphatic carbocycles. The molecule has 0 radical (unpaired) electrons. The van der Waals surface area contributed by atoms with Gasteiger partial charge in [0.15, 0.2) is 0 Å². The number of hydrogen-bond donors (Lipinski definition) is 1. The third-order valence-electron chi connectivity index (χ3n) is 6.00. The van der Waals surface area contributed by atoms with Gasteiger partial charge >= 0.3 is 11.7 Å². The van der Waals surface area contributed by atoms with E-state index in [1.165, 1.54) is 16.8 Å². The van der Waals surface area contributed by atoms with Crippen LogP contribution in [0, 0.1) is 17.7 Å². The Bertz CT molecular complexity index is 1160. The van der Waals surface area contributed by atoms with Gasteiger partial charge in [0.25, 0.3) is 0 Å². The molecule has 0 aliphatic heterocycles. The molecular weight excluding hydrogens is 425 g/mol. The van der Waals surface area contributed by atoms with E-state index in [2.05, 4.69) is 10.1 Å². The molecule has 4 rings (SSSR count). The Kier molecular flexibility index (Phi) is 7.24. The summed E-state index contributed by atoms with van der Waals surface area (Å²) in [7, 11) is 0. The van der Waals surface area contributed by atoms with Crippen LogP contribution in [-0.4, -0.2) is 39.1 Å². The van der Waals surface area contributed by atoms with E-state index >= 15 is 0 Å². The SMILES string of the molecule is O=C(O)COCC1CCC(Cn2nc(-c3ccccc3)c(-c3cccc(F)c3)nc2=O)CC1. The lowest BCUT2D eigenvalue weighted by Crippen LogP contribution is -2.31. The Morgan fingerprint density at radius 1 is 1.00 bits per heavy atom. The number of aliphatic carboxylic acids is 1. The molecule has 0 bridgehead atoms. The van der Waals surface area contributed by atoms with Crippen LogP contribution in [-0.2, 0) is 16.1 Å². The zero-order chi connectivity index (χ0) is 23.2. The summed E-state index contributed by atoms with van der Waals surface area (Å²) in [4.78, 5) is 27.7. The molecule has 1 aliphatic rings. The molecule has 33 heavy (non-hydrogen) atoms. The molecule has 0 saturated heterocycles. The Morgan fingerprint density at radius 2 is 1.70 bits per heavy atom. The maximum atomic E-state index is 13.9. The van der Waals surface area contributed by atoms with E-state index in [1.54, 1.807) is 12.1 Å². The van der Waals surface area contributed by atoms with Crippen molar-refractivity contribution in [3.05, 3.63) is 70.9 Å². The maximum Gasteiger partial charge on any atom is 0.364 e. The first-order valence-electron chi connectivity index (χ1n) is 11.1. The average molecular weight is 451 g/mol. The van der Waals surface area contributed by atoms with Gasteiger partial charge in [0, 0.05) is 17.7 Å². The number of halogens is 1. The highest BCUT2D eigenvalue weighted by Crippen LogP contribution is 2.31. The van der Waals surface area contributed by atoms with Gasteiger partial charge in [-0.15, -0.1) is 0 Å². The predicted molar refractivity (Wildman–Crippen MR) is 121 cm³/mol. The maximum absolute atomic E-state index is 13.9. The molecule has 0 amide bonds. The topological polar surface area (TPSA) is 94.3 Å². The van der Waals surface area contributed by atoms with Gasteiger partial charge in [0.1, 0.15) is 23.8 Å². The Hall–Kier alpha value is -3.39. The van der Waals surface area contributed by atoms with E-state index in [4.69, 9.17) is 9.84 Å². The number of carbonyl (C=O) groups is 1. The minimum Gasteiger partial charge on any atom is -0.480 e. The normalized spacial score (nSPS) is 18.2. The third kappa shape index (κ3) is 5.90. The molecule has 0 spiro atoms. The van der Waals surface area contributed by atoms with Crippen molar-refractivity contribution in [2.24, 2.45) is 11.8 Å². The smallest absolute Gasteiger partial charge is 0.364 e. The van der Waals surface area contributed by atoms with E-state index in [0.717, 1.165) is 31.2 Å². The van der Waals surface area contributed by atoms with Gasteiger partial charge < -0.3 is 9.84 Å². The van der Waals surface area contributed by atoms with Crippen LogP contribution >= 0.6 is 0 Å². The minimum absolute atomic E-state index is 0.273. The first-order chi connectivity index (χ1) is 16.0. The van der Waals surface area contributed by atoms with Crippen LogP contribution in [0.2, 0.25) is 0 Å². The molecule has 1 saturated carbocycles. The van der Waals surface area contributed by atoms with Crippen molar-refractivity contribution in [1.29, 1.82) is 0 Å². The van der Waals surface area contributed by atoms with Gasteiger partial charge in [0.2, 0.25) is 0 Å². The Balaban J connectivity index is 1.54. The summed E-state index contributed by atoms with van der Waals surface area (Å²) in [6.07, 6.45) is 3.64. The summed E-state index contributed by atoms with van der Waals surface area (Å²) >= 11 is 0. The van der Waals surface area contributed by atoms with E-state index < -0.39 is 17.5 Å². The van der Waals surface area contributed by atoms with Crippen LogP contribution in [0.5, 0.6) is 0 Å². The number of hydrogen-bond acceptors (Lipinski definition) is 5. The number of benzene rings is 2. The summed E-state index contributed by atoms with van der Waals surface area (Å²) < 4.78 is 20.5. The summed E-state index contributed by atoms with van der Waals surface area (Å²) in [5.41, 5.74) is 1.75. The summed E-state index contributed by atoms with van der Waals surface area (Å²) in [5.74, 6) is -0.755. The minimum atomic E-state index is -0.961. The van der Waals surface area contributed by atoms with Crippen molar-refractivity contribution >= 4 is 5.97 Å². The van der Waals surface area contributed by atoms with E-state index in [9.17, 15) is 14.0 Å². The average Bonchev–Trinajstić information content (AvgIpc) is 2.81. The lowest BCUT2D eigenvalue weighted by molar-refractivity contribution is -0.142. The molecule has 1 heterocycles. The van der Waals surface area contributed by atoms with Gasteiger partial charge in [-0.3, -0.25) is 0 Å². The number of ether oxygens (including phenoxy) is 1. The highest BCUT2D eigenvalue weighted by atomic mass is 19.1. The van der Waals surface area contributed by atoms with Crippen molar-refractivity contribution in [1.82, 2.24) is 14.8 Å². The van der Waals surface area contributed by atoms with Crippen LogP contribution in [0.25, 0.3) is 22.5 Å². The zero-order valence-corrected chi connectivity index (χ0v) is 18.2. The van der Waals surface area contributed by atoms with Crippen molar-refractivity contribution < 1.29 is 19.0 Å². The molecule has 2 aromatic carbocycles. The molecule has 8 heteroatoms. The number of aromatic nitrogens is 3. The van der Waals surface area contributed by atoms with Gasteiger partial charge in [0.05, 0.1) is 6.61 Å². The highest BCUT2D eigenvalue weighted by Gasteiger charge is 2.24. The quantitative estimate of drug-likeness (QED) is 0.556. The summed E-state index contributed by atoms with van der Waals surface area (Å²) in [5, 5.41) is 13.4. The van der Waals surface area contributed by atoms with E-state index in [1.807, 2.05) is 30.3 Å². The Morgan fingerprint density at radius 3 is 2.39 bits per heavy atom. The fourth-order valence-electron chi connectivity index (χ4n) is 4.30. The third-order valence-corrected chi connectivity index (χ3v) is 6.00. The first-order valence-corrected chi connectivity index (χ1v) is 11.1. The molecule has 0 atom stereocenters. The highest BCUT2D eigenvalue weighted by molar-refractivity contribution is 5.77. The second kappa shape index (κ2) is 10.5. The lowest BCUT2D eigenvalue weighted by atomic mass is 9.82. The molecular formula is C25H26FN3O4. The van der Waals surface area contributed by atoms with Crippen LogP contribution in [0.15, 0.2) is 59.4 Å². The van der Waals surface area contributed by atoms with Gasteiger partial charge in [-0.25, -0.2) is 18.7 Å². The molecule has 0 unspecified atom stereocenters.